The first kappa shape index (κ1) is 14.2. The molecule has 0 aromatic rings. The third-order valence-electron chi connectivity index (χ3n) is 2.28. The van der Waals surface area contributed by atoms with Gasteiger partial charge < -0.3 is 14.9 Å². The Morgan fingerprint density at radius 2 is 1.67 bits per heavy atom. The highest BCUT2D eigenvalue weighted by Gasteiger charge is 2.39. The van der Waals surface area contributed by atoms with Gasteiger partial charge in [0.15, 0.2) is 0 Å². The van der Waals surface area contributed by atoms with Crippen molar-refractivity contribution in [2.24, 2.45) is 5.11 Å². The van der Waals surface area contributed by atoms with Gasteiger partial charge in [-0.2, -0.15) is 0 Å². The molecule has 6 nitrogen and oxygen atoms in total. The van der Waals surface area contributed by atoms with Gasteiger partial charge >= 0.3 is 0 Å². The number of hydrogen-bond acceptors (Lipinski definition) is 4. The molecule has 0 spiro atoms. The van der Waals surface area contributed by atoms with Crippen molar-refractivity contribution in [3.8, 4) is 0 Å². The highest BCUT2D eigenvalue weighted by Crippen LogP contribution is 2.22. The van der Waals surface area contributed by atoms with Gasteiger partial charge in [-0.25, -0.2) is 0 Å². The molecule has 0 aromatic heterocycles. The number of azide groups is 1. The summed E-state index contributed by atoms with van der Waals surface area (Å²) in [6.07, 6.45) is -2.85. The maximum atomic E-state index is 9.51. The minimum atomic E-state index is -1.05. The highest BCUT2D eigenvalue weighted by atomic mass is 16.5. The van der Waals surface area contributed by atoms with Gasteiger partial charge in [-0.1, -0.05) is 19.0 Å². The Labute approximate surface area is 89.5 Å². The number of aliphatic hydroxyl groups is 2. The van der Waals surface area contributed by atoms with E-state index in [2.05, 4.69) is 10.0 Å². The molecule has 5 atom stereocenters. The summed E-state index contributed by atoms with van der Waals surface area (Å²) in [6, 6.07) is -0.712. The van der Waals surface area contributed by atoms with Crippen LogP contribution in [0.4, 0.5) is 0 Å². The monoisotopic (exact) mass is 217 g/mol. The van der Waals surface area contributed by atoms with E-state index in [1.807, 2.05) is 13.8 Å². The summed E-state index contributed by atoms with van der Waals surface area (Å²) in [4.78, 5) is 2.59. The zero-order chi connectivity index (χ0) is 12.0. The Kier molecular flexibility index (Phi) is 6.27. The summed E-state index contributed by atoms with van der Waals surface area (Å²) < 4.78 is 5.26. The first-order valence-electron chi connectivity index (χ1n) is 5.13. The van der Waals surface area contributed by atoms with Gasteiger partial charge in [0, 0.05) is 4.91 Å². The standard InChI is InChI=1S/C7H13N3O3.C2H6/c1-3-5(9-10-8)7(12)6(11)4(2)13-3;1-2/h3-7,11-12H,1-2H3;1-2H3/t3-,4?,5?,6?,7?;/m0./s1. The Bertz CT molecular complexity index is 231. The fraction of sp³-hybridized carbons (Fsp3) is 1.00. The van der Waals surface area contributed by atoms with E-state index in [0.717, 1.165) is 0 Å². The lowest BCUT2D eigenvalue weighted by Crippen LogP contribution is -2.54. The van der Waals surface area contributed by atoms with E-state index in [-0.39, 0.29) is 6.10 Å². The van der Waals surface area contributed by atoms with Crippen molar-refractivity contribution in [1.82, 2.24) is 0 Å². The Balaban J connectivity index is 0.000000921. The van der Waals surface area contributed by atoms with E-state index in [4.69, 9.17) is 10.3 Å². The Morgan fingerprint density at radius 1 is 1.13 bits per heavy atom. The summed E-state index contributed by atoms with van der Waals surface area (Å²) in [7, 11) is 0. The Morgan fingerprint density at radius 3 is 2.13 bits per heavy atom. The van der Waals surface area contributed by atoms with Crippen molar-refractivity contribution >= 4 is 0 Å². The molecule has 1 aliphatic rings. The van der Waals surface area contributed by atoms with Crippen LogP contribution in [0, 0.1) is 0 Å². The summed E-state index contributed by atoms with van der Waals surface area (Å²) in [5.41, 5.74) is 8.22. The molecule has 1 heterocycles. The van der Waals surface area contributed by atoms with Gasteiger partial charge in [-0.15, -0.1) is 0 Å². The predicted octanol–water partition coefficient (Wildman–Crippen LogP) is 1.22. The first-order valence-corrected chi connectivity index (χ1v) is 5.13. The van der Waals surface area contributed by atoms with E-state index in [1.165, 1.54) is 0 Å². The SMILES string of the molecule is CC.CC1O[C@@H](C)C(N=[N+]=[N-])C(O)C1O. The molecule has 0 amide bonds. The van der Waals surface area contributed by atoms with Crippen molar-refractivity contribution in [3.63, 3.8) is 0 Å². The van der Waals surface area contributed by atoms with E-state index in [1.54, 1.807) is 13.8 Å². The average Bonchev–Trinajstić information content (AvgIpc) is 2.24. The molecular weight excluding hydrogens is 198 g/mol. The zero-order valence-corrected chi connectivity index (χ0v) is 9.53. The van der Waals surface area contributed by atoms with Crippen LogP contribution < -0.4 is 0 Å². The van der Waals surface area contributed by atoms with E-state index in [9.17, 15) is 10.2 Å². The fourth-order valence-electron chi connectivity index (χ4n) is 1.48. The molecule has 2 N–H and O–H groups in total. The molecule has 0 aliphatic carbocycles. The summed E-state index contributed by atoms with van der Waals surface area (Å²) in [5.74, 6) is 0. The largest absolute Gasteiger partial charge is 0.390 e. The molecule has 88 valence electrons. The summed E-state index contributed by atoms with van der Waals surface area (Å²) >= 11 is 0. The molecule has 1 saturated heterocycles. The maximum Gasteiger partial charge on any atom is 0.106 e. The molecule has 15 heavy (non-hydrogen) atoms. The quantitative estimate of drug-likeness (QED) is 0.392. The lowest BCUT2D eigenvalue weighted by atomic mass is 9.95. The number of nitrogens with zero attached hydrogens (tertiary/aromatic N) is 3. The van der Waals surface area contributed by atoms with Crippen LogP contribution in [-0.4, -0.2) is 40.7 Å². The molecule has 0 radical (unpaired) electrons. The third-order valence-corrected chi connectivity index (χ3v) is 2.28. The van der Waals surface area contributed by atoms with Crippen molar-refractivity contribution in [3.05, 3.63) is 10.4 Å². The van der Waals surface area contributed by atoms with Gasteiger partial charge in [0.25, 0.3) is 0 Å². The van der Waals surface area contributed by atoms with Crippen LogP contribution in [0.2, 0.25) is 0 Å². The normalized spacial score (nSPS) is 39.7. The van der Waals surface area contributed by atoms with Crippen LogP contribution in [0.25, 0.3) is 10.4 Å². The molecule has 1 aliphatic heterocycles. The average molecular weight is 217 g/mol. The van der Waals surface area contributed by atoms with Gasteiger partial charge in [0.2, 0.25) is 0 Å². The molecule has 4 unspecified atom stereocenters. The molecule has 1 rings (SSSR count). The lowest BCUT2D eigenvalue weighted by molar-refractivity contribution is -0.166. The number of aliphatic hydroxyl groups excluding tert-OH is 2. The molecule has 6 heteroatoms. The van der Waals surface area contributed by atoms with Crippen LogP contribution in [0.5, 0.6) is 0 Å². The van der Waals surface area contributed by atoms with Crippen molar-refractivity contribution in [2.75, 3.05) is 0 Å². The van der Waals surface area contributed by atoms with E-state index in [0.29, 0.717) is 0 Å². The number of rotatable bonds is 1. The van der Waals surface area contributed by atoms with Crippen molar-refractivity contribution < 1.29 is 14.9 Å². The van der Waals surface area contributed by atoms with Crippen molar-refractivity contribution in [1.29, 1.82) is 0 Å². The zero-order valence-electron chi connectivity index (χ0n) is 9.53. The van der Waals surface area contributed by atoms with Crippen LogP contribution in [-0.2, 0) is 4.74 Å². The maximum absolute atomic E-state index is 9.51. The van der Waals surface area contributed by atoms with Gasteiger partial charge in [0.05, 0.1) is 24.4 Å². The first-order chi connectivity index (χ1) is 7.07. The second-order valence-corrected chi connectivity index (χ2v) is 3.22. The lowest BCUT2D eigenvalue weighted by Gasteiger charge is -2.38. The molecule has 0 aromatic carbocycles. The molecular formula is C9H19N3O3. The summed E-state index contributed by atoms with van der Waals surface area (Å²) in [5, 5.41) is 22.3. The highest BCUT2D eigenvalue weighted by molar-refractivity contribution is 4.93. The number of ether oxygens (including phenoxy) is 1. The topological polar surface area (TPSA) is 98.5 Å². The van der Waals surface area contributed by atoms with Crippen LogP contribution in [0.1, 0.15) is 27.7 Å². The van der Waals surface area contributed by atoms with Crippen LogP contribution in [0.3, 0.4) is 0 Å². The van der Waals surface area contributed by atoms with Crippen molar-refractivity contribution in [2.45, 2.75) is 58.2 Å². The second-order valence-electron chi connectivity index (χ2n) is 3.22. The minimum absolute atomic E-state index is 0.371. The smallest absolute Gasteiger partial charge is 0.106 e. The third kappa shape index (κ3) is 3.35. The van der Waals surface area contributed by atoms with E-state index < -0.39 is 24.4 Å². The van der Waals surface area contributed by atoms with Gasteiger partial charge in [-0.3, -0.25) is 0 Å². The molecule has 0 bridgehead atoms. The predicted molar refractivity (Wildman–Crippen MR) is 56.3 cm³/mol. The summed E-state index contributed by atoms with van der Waals surface area (Å²) in [6.45, 7) is 7.36. The molecule has 0 saturated carbocycles. The van der Waals surface area contributed by atoms with E-state index >= 15 is 0 Å². The Hall–Kier alpha value is -0.810. The fourth-order valence-corrected chi connectivity index (χ4v) is 1.48. The molecule has 1 fully saturated rings. The van der Waals surface area contributed by atoms with Gasteiger partial charge in [0.1, 0.15) is 6.10 Å². The van der Waals surface area contributed by atoms with Crippen LogP contribution in [0.15, 0.2) is 5.11 Å². The second kappa shape index (κ2) is 6.63. The number of hydrogen-bond donors (Lipinski definition) is 2. The van der Waals surface area contributed by atoms with Crippen LogP contribution >= 0.6 is 0 Å². The minimum Gasteiger partial charge on any atom is -0.390 e. The van der Waals surface area contributed by atoms with Gasteiger partial charge in [-0.05, 0) is 19.4 Å².